The van der Waals surface area contributed by atoms with Crippen molar-refractivity contribution in [3.8, 4) is 11.5 Å². The van der Waals surface area contributed by atoms with Crippen molar-refractivity contribution in [3.63, 3.8) is 0 Å². The maximum absolute atomic E-state index is 13.3. The number of hydrogen-bond donors (Lipinski definition) is 1. The fourth-order valence-corrected chi connectivity index (χ4v) is 5.25. The molecule has 2 heterocycles. The summed E-state index contributed by atoms with van der Waals surface area (Å²) in [7, 11) is -2.58. The van der Waals surface area contributed by atoms with Gasteiger partial charge < -0.3 is 9.47 Å². The van der Waals surface area contributed by atoms with Crippen LogP contribution >= 0.6 is 0 Å². The predicted molar refractivity (Wildman–Crippen MR) is 114 cm³/mol. The Morgan fingerprint density at radius 1 is 1.10 bits per heavy atom. The van der Waals surface area contributed by atoms with Gasteiger partial charge in [0.05, 0.1) is 23.7 Å². The van der Waals surface area contributed by atoms with Crippen LogP contribution in [-0.2, 0) is 19.6 Å². The number of nitrogens with zero attached hydrogens (tertiary/aromatic N) is 1. The van der Waals surface area contributed by atoms with Crippen LogP contribution in [0, 0.1) is 0 Å². The molecular weight excluding hydrogens is 420 g/mol. The van der Waals surface area contributed by atoms with E-state index in [2.05, 4.69) is 4.72 Å². The van der Waals surface area contributed by atoms with Crippen LogP contribution in [0.25, 0.3) is 0 Å². The summed E-state index contributed by atoms with van der Waals surface area (Å²) in [6.45, 7) is 3.81. The molecule has 1 saturated heterocycles. The normalized spacial score (nSPS) is 20.4. The Hall–Kier alpha value is -2.91. The van der Waals surface area contributed by atoms with Gasteiger partial charge in [0.2, 0.25) is 21.8 Å². The average Bonchev–Trinajstić information content (AvgIpc) is 3.04. The Balaban J connectivity index is 1.71. The minimum atomic E-state index is -3.98. The molecule has 0 unspecified atom stereocenters. The van der Waals surface area contributed by atoms with Gasteiger partial charge in [0, 0.05) is 24.8 Å². The highest BCUT2D eigenvalue weighted by Crippen LogP contribution is 2.40. The second kappa shape index (κ2) is 7.65. The van der Waals surface area contributed by atoms with E-state index in [1.807, 2.05) is 38.1 Å². The van der Waals surface area contributed by atoms with Crippen molar-refractivity contribution in [2.45, 2.75) is 49.6 Å². The van der Waals surface area contributed by atoms with E-state index in [4.69, 9.17) is 9.47 Å². The molecule has 9 heteroatoms. The molecule has 0 aliphatic carbocycles. The summed E-state index contributed by atoms with van der Waals surface area (Å²) in [6, 6.07) is 11.0. The van der Waals surface area contributed by atoms with Crippen molar-refractivity contribution < 1.29 is 27.5 Å². The molecule has 1 fully saturated rings. The Labute approximate surface area is 181 Å². The Morgan fingerprint density at radius 3 is 2.45 bits per heavy atom. The lowest BCUT2D eigenvalue weighted by atomic mass is 9.90. The number of carbonyl (C=O) groups is 2. The number of methoxy groups -OCH3 is 1. The SMILES string of the molecule is COc1ccc(S(=O)(=O)N[C@H]2CC(C)(C)Oc3ccccc32)cc1N1C(=O)CCC1=O. The fraction of sp³-hybridized carbons (Fsp3) is 0.364. The van der Waals surface area contributed by atoms with E-state index in [1.165, 1.54) is 25.3 Å². The lowest BCUT2D eigenvalue weighted by Crippen LogP contribution is -2.41. The van der Waals surface area contributed by atoms with E-state index in [0.29, 0.717) is 12.2 Å². The molecule has 0 saturated carbocycles. The zero-order chi connectivity index (χ0) is 22.4. The standard InChI is InChI=1S/C22H24N2O6S/c1-22(2)13-16(15-6-4-5-7-18(15)30-22)23-31(27,28)14-8-9-19(29-3)17(12-14)24-20(25)10-11-21(24)26/h4-9,12,16,23H,10-11,13H2,1-3H3/t16-/m0/s1. The first-order valence-corrected chi connectivity index (χ1v) is 11.4. The molecule has 8 nitrogen and oxygen atoms in total. The summed E-state index contributed by atoms with van der Waals surface area (Å²) >= 11 is 0. The largest absolute Gasteiger partial charge is 0.495 e. The number of carbonyl (C=O) groups excluding carboxylic acids is 2. The molecule has 164 valence electrons. The fourth-order valence-electron chi connectivity index (χ4n) is 4.02. The third kappa shape index (κ3) is 4.03. The van der Waals surface area contributed by atoms with Crippen LogP contribution in [0.4, 0.5) is 5.69 Å². The number of hydrogen-bond acceptors (Lipinski definition) is 6. The van der Waals surface area contributed by atoms with Gasteiger partial charge in [-0.15, -0.1) is 0 Å². The van der Waals surface area contributed by atoms with E-state index in [1.54, 1.807) is 0 Å². The number of fused-ring (bicyclic) bond motifs is 1. The van der Waals surface area contributed by atoms with Gasteiger partial charge in [-0.05, 0) is 38.1 Å². The van der Waals surface area contributed by atoms with Crippen LogP contribution in [0.2, 0.25) is 0 Å². The lowest BCUT2D eigenvalue weighted by Gasteiger charge is -2.37. The van der Waals surface area contributed by atoms with Gasteiger partial charge >= 0.3 is 0 Å². The molecular formula is C22H24N2O6S. The molecule has 0 spiro atoms. The smallest absolute Gasteiger partial charge is 0.241 e. The third-order valence-electron chi connectivity index (χ3n) is 5.43. The number of anilines is 1. The van der Waals surface area contributed by atoms with Crippen LogP contribution in [-0.4, -0.2) is 32.9 Å². The monoisotopic (exact) mass is 444 g/mol. The number of imide groups is 1. The molecule has 2 aromatic carbocycles. The number of benzene rings is 2. The first-order valence-electron chi connectivity index (χ1n) is 9.95. The van der Waals surface area contributed by atoms with Crippen LogP contribution < -0.4 is 19.1 Å². The highest BCUT2D eigenvalue weighted by molar-refractivity contribution is 7.89. The van der Waals surface area contributed by atoms with Crippen LogP contribution in [0.15, 0.2) is 47.4 Å². The third-order valence-corrected chi connectivity index (χ3v) is 6.90. The van der Waals surface area contributed by atoms with Crippen molar-refractivity contribution in [1.82, 2.24) is 4.72 Å². The molecule has 1 N–H and O–H groups in total. The van der Waals surface area contributed by atoms with E-state index in [-0.39, 0.29) is 41.0 Å². The Morgan fingerprint density at radius 2 is 1.77 bits per heavy atom. The van der Waals surface area contributed by atoms with Gasteiger partial charge in [-0.3, -0.25) is 9.59 Å². The van der Waals surface area contributed by atoms with Crippen molar-refractivity contribution in [1.29, 1.82) is 0 Å². The van der Waals surface area contributed by atoms with Gasteiger partial charge in [-0.25, -0.2) is 18.0 Å². The maximum Gasteiger partial charge on any atom is 0.241 e. The number of ether oxygens (including phenoxy) is 2. The van der Waals surface area contributed by atoms with E-state index < -0.39 is 21.7 Å². The van der Waals surface area contributed by atoms with Crippen LogP contribution in [0.5, 0.6) is 11.5 Å². The van der Waals surface area contributed by atoms with Gasteiger partial charge in [0.25, 0.3) is 0 Å². The van der Waals surface area contributed by atoms with Crippen LogP contribution in [0.1, 0.15) is 44.7 Å². The summed E-state index contributed by atoms with van der Waals surface area (Å²) < 4.78 is 40.5. The van der Waals surface area contributed by atoms with E-state index in [0.717, 1.165) is 10.5 Å². The first kappa shape index (κ1) is 21.3. The quantitative estimate of drug-likeness (QED) is 0.712. The van der Waals surface area contributed by atoms with Gasteiger partial charge in [0.15, 0.2) is 0 Å². The number of para-hydroxylation sites is 1. The van der Waals surface area contributed by atoms with Crippen molar-refractivity contribution in [2.24, 2.45) is 0 Å². The Bertz CT molecular complexity index is 1140. The summed E-state index contributed by atoms with van der Waals surface area (Å²) in [6.07, 6.45) is 0.617. The molecule has 2 aliphatic heterocycles. The van der Waals surface area contributed by atoms with Crippen molar-refractivity contribution in [3.05, 3.63) is 48.0 Å². The van der Waals surface area contributed by atoms with Crippen molar-refractivity contribution in [2.75, 3.05) is 12.0 Å². The summed E-state index contributed by atoms with van der Waals surface area (Å²) in [5.74, 6) is 0.118. The molecule has 4 rings (SSSR count). The molecule has 0 aromatic heterocycles. The minimum absolute atomic E-state index is 0.0578. The zero-order valence-corrected chi connectivity index (χ0v) is 18.4. The number of nitrogens with one attached hydrogen (secondary N) is 1. The highest BCUT2D eigenvalue weighted by Gasteiger charge is 2.37. The van der Waals surface area contributed by atoms with Gasteiger partial charge in [-0.2, -0.15) is 0 Å². The molecule has 0 bridgehead atoms. The van der Waals surface area contributed by atoms with E-state index >= 15 is 0 Å². The van der Waals surface area contributed by atoms with Gasteiger partial charge in [-0.1, -0.05) is 18.2 Å². The zero-order valence-electron chi connectivity index (χ0n) is 17.5. The maximum atomic E-state index is 13.3. The van der Waals surface area contributed by atoms with E-state index in [9.17, 15) is 18.0 Å². The Kier molecular flexibility index (Phi) is 5.26. The second-order valence-corrected chi connectivity index (χ2v) is 9.95. The molecule has 1 atom stereocenters. The topological polar surface area (TPSA) is 102 Å². The lowest BCUT2D eigenvalue weighted by molar-refractivity contribution is -0.121. The highest BCUT2D eigenvalue weighted by atomic mass is 32.2. The molecule has 2 amide bonds. The number of rotatable bonds is 5. The minimum Gasteiger partial charge on any atom is -0.495 e. The summed E-state index contributed by atoms with van der Waals surface area (Å²) in [4.78, 5) is 25.4. The van der Waals surface area contributed by atoms with Crippen LogP contribution in [0.3, 0.4) is 0 Å². The number of sulfonamides is 1. The van der Waals surface area contributed by atoms with Crippen molar-refractivity contribution >= 4 is 27.5 Å². The molecule has 2 aliphatic rings. The average molecular weight is 445 g/mol. The molecule has 2 aromatic rings. The predicted octanol–water partition coefficient (Wildman–Crippen LogP) is 2.93. The van der Waals surface area contributed by atoms with Gasteiger partial charge in [0.1, 0.15) is 17.1 Å². The summed E-state index contributed by atoms with van der Waals surface area (Å²) in [5, 5.41) is 0. The first-order chi connectivity index (χ1) is 14.6. The second-order valence-electron chi connectivity index (χ2n) is 8.23. The summed E-state index contributed by atoms with van der Waals surface area (Å²) in [5.41, 5.74) is 0.329. The molecule has 31 heavy (non-hydrogen) atoms. The molecule has 0 radical (unpaired) electrons. The number of amides is 2.